The Kier molecular flexibility index (Phi) is 3.51. The highest BCUT2D eigenvalue weighted by Crippen LogP contribution is 2.25. The maximum absolute atomic E-state index is 5.19. The lowest BCUT2D eigenvalue weighted by Crippen LogP contribution is -1.99. The molecule has 0 fully saturated rings. The standard InChI is InChI=1S/C11H16N2O/c1-8-5-10(14-4)6-9(7-12-2)11(8)13-3/h5-7,13H,1-4H3. The van der Waals surface area contributed by atoms with Crippen molar-refractivity contribution in [2.24, 2.45) is 4.99 Å². The summed E-state index contributed by atoms with van der Waals surface area (Å²) in [6, 6.07) is 3.96. The van der Waals surface area contributed by atoms with E-state index >= 15 is 0 Å². The Morgan fingerprint density at radius 2 is 2.14 bits per heavy atom. The zero-order chi connectivity index (χ0) is 10.6. The molecule has 0 unspecified atom stereocenters. The SMILES string of the molecule is CN=Cc1cc(OC)cc(C)c1NC. The highest BCUT2D eigenvalue weighted by molar-refractivity contribution is 5.89. The first-order valence-electron chi connectivity index (χ1n) is 4.51. The second kappa shape index (κ2) is 4.65. The number of aryl methyl sites for hydroxylation is 1. The van der Waals surface area contributed by atoms with Crippen molar-refractivity contribution in [1.82, 2.24) is 0 Å². The minimum atomic E-state index is 0.858. The van der Waals surface area contributed by atoms with Gasteiger partial charge in [-0.3, -0.25) is 4.99 Å². The molecule has 0 aliphatic rings. The van der Waals surface area contributed by atoms with Crippen LogP contribution in [0, 0.1) is 6.92 Å². The molecule has 3 nitrogen and oxygen atoms in total. The number of hydrogen-bond acceptors (Lipinski definition) is 3. The topological polar surface area (TPSA) is 33.6 Å². The first-order valence-corrected chi connectivity index (χ1v) is 4.51. The van der Waals surface area contributed by atoms with Crippen molar-refractivity contribution in [3.8, 4) is 5.75 Å². The van der Waals surface area contributed by atoms with E-state index in [2.05, 4.69) is 10.3 Å². The number of nitrogens with one attached hydrogen (secondary N) is 1. The molecule has 1 N–H and O–H groups in total. The van der Waals surface area contributed by atoms with E-state index in [1.54, 1.807) is 14.2 Å². The average molecular weight is 192 g/mol. The lowest BCUT2D eigenvalue weighted by atomic mass is 10.1. The van der Waals surface area contributed by atoms with Gasteiger partial charge in [0.1, 0.15) is 5.75 Å². The molecule has 1 aromatic rings. The van der Waals surface area contributed by atoms with Crippen molar-refractivity contribution in [2.75, 3.05) is 26.5 Å². The van der Waals surface area contributed by atoms with Gasteiger partial charge in [-0.25, -0.2) is 0 Å². The molecule has 14 heavy (non-hydrogen) atoms. The quantitative estimate of drug-likeness (QED) is 0.744. The third-order valence-corrected chi connectivity index (χ3v) is 2.09. The number of aliphatic imine (C=N–C) groups is 1. The lowest BCUT2D eigenvalue weighted by molar-refractivity contribution is 0.414. The molecule has 0 saturated heterocycles. The number of benzene rings is 1. The molecule has 0 aromatic heterocycles. The Bertz CT molecular complexity index is 345. The smallest absolute Gasteiger partial charge is 0.119 e. The minimum Gasteiger partial charge on any atom is -0.497 e. The van der Waals surface area contributed by atoms with Crippen LogP contribution in [0.1, 0.15) is 11.1 Å². The third-order valence-electron chi connectivity index (χ3n) is 2.09. The van der Waals surface area contributed by atoms with Gasteiger partial charge in [-0.2, -0.15) is 0 Å². The van der Waals surface area contributed by atoms with E-state index in [1.807, 2.05) is 32.3 Å². The fourth-order valence-electron chi connectivity index (χ4n) is 1.48. The first kappa shape index (κ1) is 10.6. The summed E-state index contributed by atoms with van der Waals surface area (Å²) in [6.45, 7) is 2.04. The number of hydrogen-bond donors (Lipinski definition) is 1. The number of methoxy groups -OCH3 is 1. The van der Waals surface area contributed by atoms with Crippen LogP contribution in [0.15, 0.2) is 17.1 Å². The van der Waals surface area contributed by atoms with Gasteiger partial charge in [0.05, 0.1) is 7.11 Å². The van der Waals surface area contributed by atoms with Crippen LogP contribution in [0.25, 0.3) is 0 Å². The molecule has 0 saturated carbocycles. The molecule has 0 heterocycles. The van der Waals surface area contributed by atoms with Gasteiger partial charge in [0.25, 0.3) is 0 Å². The van der Waals surface area contributed by atoms with Gasteiger partial charge >= 0.3 is 0 Å². The summed E-state index contributed by atoms with van der Waals surface area (Å²) in [5.41, 5.74) is 3.30. The predicted molar refractivity (Wildman–Crippen MR) is 60.8 cm³/mol. The summed E-state index contributed by atoms with van der Waals surface area (Å²) in [5.74, 6) is 0.858. The van der Waals surface area contributed by atoms with Crippen molar-refractivity contribution in [2.45, 2.75) is 6.92 Å². The fourth-order valence-corrected chi connectivity index (χ4v) is 1.48. The van der Waals surface area contributed by atoms with Crippen LogP contribution < -0.4 is 10.1 Å². The lowest BCUT2D eigenvalue weighted by Gasteiger charge is -2.11. The van der Waals surface area contributed by atoms with Gasteiger partial charge in [-0.1, -0.05) is 0 Å². The van der Waals surface area contributed by atoms with Crippen molar-refractivity contribution >= 4 is 11.9 Å². The Labute approximate surface area is 84.8 Å². The van der Waals surface area contributed by atoms with Crippen molar-refractivity contribution in [3.05, 3.63) is 23.3 Å². The molecular formula is C11H16N2O. The number of ether oxygens (including phenoxy) is 1. The molecule has 0 aliphatic heterocycles. The average Bonchev–Trinajstić information content (AvgIpc) is 2.18. The van der Waals surface area contributed by atoms with Gasteiger partial charge in [-0.05, 0) is 24.6 Å². The van der Waals surface area contributed by atoms with Crippen molar-refractivity contribution in [3.63, 3.8) is 0 Å². The van der Waals surface area contributed by atoms with Crippen LogP contribution in [0.4, 0.5) is 5.69 Å². The number of anilines is 1. The van der Waals surface area contributed by atoms with Crippen LogP contribution >= 0.6 is 0 Å². The summed E-state index contributed by atoms with van der Waals surface area (Å²) in [7, 11) is 5.33. The molecule has 0 atom stereocenters. The number of rotatable bonds is 3. The number of nitrogens with zero attached hydrogens (tertiary/aromatic N) is 1. The molecule has 0 radical (unpaired) electrons. The normalized spacial score (nSPS) is 10.6. The zero-order valence-electron chi connectivity index (χ0n) is 9.09. The Morgan fingerprint density at radius 1 is 1.43 bits per heavy atom. The third kappa shape index (κ3) is 2.05. The molecule has 3 heteroatoms. The fraction of sp³-hybridized carbons (Fsp3) is 0.364. The molecule has 0 bridgehead atoms. The summed E-state index contributed by atoms with van der Waals surface area (Å²) < 4.78 is 5.19. The van der Waals surface area contributed by atoms with Crippen LogP contribution in [0.3, 0.4) is 0 Å². The summed E-state index contributed by atoms with van der Waals surface area (Å²) in [6.07, 6.45) is 1.82. The Hall–Kier alpha value is -1.51. The van der Waals surface area contributed by atoms with Gasteiger partial charge in [0, 0.05) is 31.6 Å². The Balaban J connectivity index is 3.27. The minimum absolute atomic E-state index is 0.858. The van der Waals surface area contributed by atoms with Crippen LogP contribution in [0.2, 0.25) is 0 Å². The van der Waals surface area contributed by atoms with E-state index in [0.29, 0.717) is 0 Å². The van der Waals surface area contributed by atoms with Crippen LogP contribution in [-0.2, 0) is 0 Å². The molecule has 0 aliphatic carbocycles. The predicted octanol–water partition coefficient (Wildman–Crippen LogP) is 2.09. The molecule has 0 spiro atoms. The zero-order valence-corrected chi connectivity index (χ0v) is 9.09. The van der Waals surface area contributed by atoms with Gasteiger partial charge in [0.15, 0.2) is 0 Å². The summed E-state index contributed by atoms with van der Waals surface area (Å²) in [4.78, 5) is 4.01. The highest BCUT2D eigenvalue weighted by atomic mass is 16.5. The van der Waals surface area contributed by atoms with E-state index in [1.165, 1.54) is 0 Å². The monoisotopic (exact) mass is 192 g/mol. The van der Waals surface area contributed by atoms with E-state index in [4.69, 9.17) is 4.74 Å². The highest BCUT2D eigenvalue weighted by Gasteiger charge is 2.04. The summed E-state index contributed by atoms with van der Waals surface area (Å²) >= 11 is 0. The molecular weight excluding hydrogens is 176 g/mol. The second-order valence-corrected chi connectivity index (χ2v) is 3.05. The molecule has 0 amide bonds. The van der Waals surface area contributed by atoms with Crippen molar-refractivity contribution < 1.29 is 4.74 Å². The van der Waals surface area contributed by atoms with Gasteiger partial charge in [0.2, 0.25) is 0 Å². The van der Waals surface area contributed by atoms with Crippen molar-refractivity contribution in [1.29, 1.82) is 0 Å². The van der Waals surface area contributed by atoms with Gasteiger partial charge in [-0.15, -0.1) is 0 Å². The van der Waals surface area contributed by atoms with Gasteiger partial charge < -0.3 is 10.1 Å². The van der Waals surface area contributed by atoms with E-state index in [-0.39, 0.29) is 0 Å². The second-order valence-electron chi connectivity index (χ2n) is 3.05. The molecule has 76 valence electrons. The van der Waals surface area contributed by atoms with E-state index in [9.17, 15) is 0 Å². The molecule has 1 rings (SSSR count). The van der Waals surface area contributed by atoms with E-state index in [0.717, 1.165) is 22.6 Å². The van der Waals surface area contributed by atoms with Crippen LogP contribution in [-0.4, -0.2) is 27.4 Å². The maximum Gasteiger partial charge on any atom is 0.119 e. The Morgan fingerprint density at radius 3 is 2.64 bits per heavy atom. The van der Waals surface area contributed by atoms with E-state index < -0.39 is 0 Å². The summed E-state index contributed by atoms with van der Waals surface area (Å²) in [5, 5.41) is 3.15. The molecule has 1 aromatic carbocycles. The first-order chi connectivity index (χ1) is 6.72. The van der Waals surface area contributed by atoms with Crippen LogP contribution in [0.5, 0.6) is 5.75 Å². The maximum atomic E-state index is 5.19. The largest absolute Gasteiger partial charge is 0.497 e.